The summed E-state index contributed by atoms with van der Waals surface area (Å²) < 4.78 is 5.72. The molecule has 6 rings (SSSR count). The molecule has 1 amide bonds. The first-order chi connectivity index (χ1) is 16.5. The van der Waals surface area contributed by atoms with Crippen molar-refractivity contribution in [3.63, 3.8) is 0 Å². The number of nitrogens with two attached hydrogens (primary N) is 2. The van der Waals surface area contributed by atoms with Gasteiger partial charge in [-0.15, -0.1) is 0 Å². The normalized spacial score (nSPS) is 25.4. The Hall–Kier alpha value is -3.17. The Labute approximate surface area is 197 Å². The van der Waals surface area contributed by atoms with E-state index in [1.54, 1.807) is 12.4 Å². The van der Waals surface area contributed by atoms with Crippen LogP contribution in [0, 0.1) is 11.8 Å². The molecule has 2 aliphatic carbocycles. The van der Waals surface area contributed by atoms with Crippen LogP contribution in [0.2, 0.25) is 0 Å². The molecule has 0 spiro atoms. The molecule has 34 heavy (non-hydrogen) atoms. The third-order valence-corrected chi connectivity index (χ3v) is 7.73. The monoisotopic (exact) mass is 462 g/mol. The van der Waals surface area contributed by atoms with Gasteiger partial charge in [0.15, 0.2) is 5.58 Å². The Morgan fingerprint density at radius 1 is 1.21 bits per heavy atom. The molecule has 9 heteroatoms. The van der Waals surface area contributed by atoms with Gasteiger partial charge in [0.2, 0.25) is 5.88 Å². The number of carbonyl (C=O) groups excluding carboxylic acids is 1. The summed E-state index contributed by atoms with van der Waals surface area (Å²) in [4.78, 5) is 24.2. The number of nitrogens with zero attached hydrogens (tertiary/aromatic N) is 3. The Morgan fingerprint density at radius 2 is 2.03 bits per heavy atom. The summed E-state index contributed by atoms with van der Waals surface area (Å²) in [6.45, 7) is 1.19. The highest BCUT2D eigenvalue weighted by molar-refractivity contribution is 6.15. The Balaban J connectivity index is 1.27. The predicted molar refractivity (Wildman–Crippen MR) is 130 cm³/mol. The van der Waals surface area contributed by atoms with Gasteiger partial charge in [-0.05, 0) is 55.2 Å². The molecular weight excluding hydrogens is 432 g/mol. The molecule has 3 aromatic heterocycles. The van der Waals surface area contributed by atoms with Crippen molar-refractivity contribution in [2.75, 3.05) is 29.0 Å². The van der Waals surface area contributed by atoms with Crippen molar-refractivity contribution < 1.29 is 14.3 Å². The summed E-state index contributed by atoms with van der Waals surface area (Å²) in [7, 11) is 0. The zero-order chi connectivity index (χ0) is 23.4. The maximum Gasteiger partial charge on any atom is 0.263 e. The van der Waals surface area contributed by atoms with Gasteiger partial charge in [0.05, 0.1) is 23.7 Å². The van der Waals surface area contributed by atoms with E-state index in [0.717, 1.165) is 36.9 Å². The standard InChI is InChI=1S/C25H30N6O3/c26-17-12-31(11-16(23(17)32)14-4-5-14)19-6-7-28-10-18(19)30-25(33)21-22-20(34-24(21)27)8-15(9-29-22)13-2-1-3-13/h6-10,13-14,16-17,23,32H,1-5,11-12,26-27H2,(H,30,33). The van der Waals surface area contributed by atoms with Crippen LogP contribution < -0.4 is 21.7 Å². The third kappa shape index (κ3) is 3.69. The topological polar surface area (TPSA) is 144 Å². The van der Waals surface area contributed by atoms with E-state index in [0.29, 0.717) is 41.7 Å². The molecule has 1 aliphatic heterocycles. The van der Waals surface area contributed by atoms with Crippen LogP contribution in [0.4, 0.5) is 17.3 Å². The second-order valence-corrected chi connectivity index (χ2v) is 9.99. The fourth-order valence-corrected chi connectivity index (χ4v) is 5.41. The number of hydrogen-bond acceptors (Lipinski definition) is 8. The van der Waals surface area contributed by atoms with Crippen LogP contribution in [-0.4, -0.2) is 46.2 Å². The highest BCUT2D eigenvalue weighted by Gasteiger charge is 2.43. The molecule has 3 atom stereocenters. The summed E-state index contributed by atoms with van der Waals surface area (Å²) in [5, 5.41) is 13.6. The van der Waals surface area contributed by atoms with Crippen LogP contribution in [0.25, 0.3) is 11.1 Å². The summed E-state index contributed by atoms with van der Waals surface area (Å²) >= 11 is 0. The van der Waals surface area contributed by atoms with E-state index in [9.17, 15) is 9.90 Å². The average Bonchev–Trinajstić information content (AvgIpc) is 3.56. The second kappa shape index (κ2) is 8.25. The van der Waals surface area contributed by atoms with Gasteiger partial charge in [-0.2, -0.15) is 0 Å². The first-order valence-corrected chi connectivity index (χ1v) is 12.1. The molecule has 0 aromatic carbocycles. The van der Waals surface area contributed by atoms with Crippen LogP contribution >= 0.6 is 0 Å². The zero-order valence-corrected chi connectivity index (χ0v) is 19.0. The molecule has 9 nitrogen and oxygen atoms in total. The maximum atomic E-state index is 13.3. The average molecular weight is 463 g/mol. The fourth-order valence-electron chi connectivity index (χ4n) is 5.41. The van der Waals surface area contributed by atoms with Gasteiger partial charge in [-0.25, -0.2) is 0 Å². The third-order valence-electron chi connectivity index (χ3n) is 7.73. The minimum atomic E-state index is -0.503. The highest BCUT2D eigenvalue weighted by atomic mass is 16.3. The quantitative estimate of drug-likeness (QED) is 0.453. The molecule has 6 N–H and O–H groups in total. The van der Waals surface area contributed by atoms with E-state index in [1.807, 2.05) is 18.3 Å². The number of carbonyl (C=O) groups is 1. The fraction of sp³-hybridized carbons (Fsp3) is 0.480. The van der Waals surface area contributed by atoms with Gasteiger partial charge in [0, 0.05) is 37.4 Å². The van der Waals surface area contributed by atoms with Crippen molar-refractivity contribution in [2.45, 2.75) is 50.2 Å². The van der Waals surface area contributed by atoms with E-state index < -0.39 is 12.0 Å². The van der Waals surface area contributed by atoms with Crippen molar-refractivity contribution in [3.8, 4) is 0 Å². The second-order valence-electron chi connectivity index (χ2n) is 9.99. The number of piperidine rings is 1. The number of nitrogen functional groups attached to an aromatic ring is 1. The predicted octanol–water partition coefficient (Wildman–Crippen LogP) is 2.86. The molecule has 3 fully saturated rings. The number of aromatic nitrogens is 2. The largest absolute Gasteiger partial charge is 0.438 e. The van der Waals surface area contributed by atoms with Crippen molar-refractivity contribution >= 4 is 34.3 Å². The van der Waals surface area contributed by atoms with Gasteiger partial charge in [0.25, 0.3) is 5.91 Å². The number of aliphatic hydroxyl groups excluding tert-OH is 1. The highest BCUT2D eigenvalue weighted by Crippen LogP contribution is 2.43. The number of anilines is 3. The minimum absolute atomic E-state index is 0.0492. The molecule has 3 aliphatic rings. The molecule has 0 bridgehead atoms. The minimum Gasteiger partial charge on any atom is -0.438 e. The molecule has 3 aromatic rings. The zero-order valence-electron chi connectivity index (χ0n) is 19.0. The van der Waals surface area contributed by atoms with Gasteiger partial charge in [-0.1, -0.05) is 6.42 Å². The molecule has 1 saturated heterocycles. The molecular formula is C25H30N6O3. The van der Waals surface area contributed by atoms with E-state index in [4.69, 9.17) is 15.9 Å². The number of nitrogens with one attached hydrogen (secondary N) is 1. The lowest BCUT2D eigenvalue weighted by molar-refractivity contribution is 0.0594. The number of rotatable bonds is 5. The smallest absolute Gasteiger partial charge is 0.263 e. The Bertz CT molecular complexity index is 1230. The van der Waals surface area contributed by atoms with E-state index in [1.165, 1.54) is 6.42 Å². The van der Waals surface area contributed by atoms with Crippen molar-refractivity contribution in [1.29, 1.82) is 0 Å². The summed E-state index contributed by atoms with van der Waals surface area (Å²) in [5.74, 6) is 0.801. The molecule has 178 valence electrons. The number of amides is 1. The van der Waals surface area contributed by atoms with Crippen LogP contribution in [0.15, 0.2) is 35.1 Å². The SMILES string of the molecule is Nc1oc2cc(C3CCC3)cnc2c1C(=O)Nc1cnccc1N1CC(N)C(O)C(C2CC2)C1. The number of aliphatic hydroxyl groups is 1. The summed E-state index contributed by atoms with van der Waals surface area (Å²) in [5.41, 5.74) is 16.1. The summed E-state index contributed by atoms with van der Waals surface area (Å²) in [6.07, 6.45) is 10.4. The Kier molecular flexibility index (Phi) is 5.18. The Morgan fingerprint density at radius 3 is 2.76 bits per heavy atom. The first kappa shape index (κ1) is 21.4. The number of hydrogen-bond donors (Lipinski definition) is 4. The van der Waals surface area contributed by atoms with E-state index in [-0.39, 0.29) is 23.4 Å². The van der Waals surface area contributed by atoms with Crippen molar-refractivity contribution in [2.24, 2.45) is 17.6 Å². The first-order valence-electron chi connectivity index (χ1n) is 12.1. The molecule has 4 heterocycles. The maximum absolute atomic E-state index is 13.3. The van der Waals surface area contributed by atoms with Gasteiger partial charge in [-0.3, -0.25) is 14.8 Å². The van der Waals surface area contributed by atoms with Gasteiger partial charge in [0.1, 0.15) is 11.1 Å². The van der Waals surface area contributed by atoms with Crippen LogP contribution in [-0.2, 0) is 0 Å². The summed E-state index contributed by atoms with van der Waals surface area (Å²) in [6, 6.07) is 3.47. The number of furan rings is 1. The van der Waals surface area contributed by atoms with Crippen LogP contribution in [0.1, 0.15) is 53.9 Å². The van der Waals surface area contributed by atoms with Crippen LogP contribution in [0.3, 0.4) is 0 Å². The van der Waals surface area contributed by atoms with E-state index in [2.05, 4.69) is 20.2 Å². The lowest BCUT2D eigenvalue weighted by atomic mass is 9.81. The van der Waals surface area contributed by atoms with Crippen LogP contribution in [0.5, 0.6) is 0 Å². The lowest BCUT2D eigenvalue weighted by Gasteiger charge is -2.42. The van der Waals surface area contributed by atoms with Gasteiger partial charge < -0.3 is 31.2 Å². The number of fused-ring (bicyclic) bond motifs is 1. The van der Waals surface area contributed by atoms with Crippen molar-refractivity contribution in [1.82, 2.24) is 9.97 Å². The molecule has 3 unspecified atom stereocenters. The molecule has 2 saturated carbocycles. The lowest BCUT2D eigenvalue weighted by Crippen LogP contribution is -2.57. The van der Waals surface area contributed by atoms with Crippen molar-refractivity contribution in [3.05, 3.63) is 41.9 Å². The van der Waals surface area contributed by atoms with Gasteiger partial charge >= 0.3 is 0 Å². The number of pyridine rings is 2. The molecule has 0 radical (unpaired) electrons. The van der Waals surface area contributed by atoms with E-state index >= 15 is 0 Å².